The minimum atomic E-state index is 0.270. The van der Waals surface area contributed by atoms with Gasteiger partial charge in [0.2, 0.25) is 0 Å². The number of aromatic nitrogens is 2. The van der Waals surface area contributed by atoms with Crippen LogP contribution >= 0.6 is 23.2 Å². The maximum absolute atomic E-state index is 6.26. The zero-order valence-corrected chi connectivity index (χ0v) is 19.3. The Labute approximate surface area is 198 Å². The molecule has 0 aliphatic heterocycles. The highest BCUT2D eigenvalue weighted by Crippen LogP contribution is 2.35. The predicted molar refractivity (Wildman–Crippen MR) is 133 cm³/mol. The number of fused-ring (bicyclic) bond motifs is 1. The van der Waals surface area contributed by atoms with Gasteiger partial charge in [-0.3, -0.25) is 0 Å². The van der Waals surface area contributed by atoms with E-state index in [-0.39, 0.29) is 6.04 Å². The number of aryl methyl sites for hydroxylation is 1. The Balaban J connectivity index is 1.47. The molecule has 0 unspecified atom stereocenters. The molecule has 1 heterocycles. The van der Waals surface area contributed by atoms with Crippen molar-refractivity contribution in [3.8, 4) is 22.5 Å². The molecule has 5 heteroatoms. The van der Waals surface area contributed by atoms with E-state index in [1.165, 1.54) is 17.5 Å². The van der Waals surface area contributed by atoms with Crippen LogP contribution < -0.4 is 5.32 Å². The Kier molecular flexibility index (Phi) is 5.86. The molecular weight excluding hydrogens is 437 g/mol. The monoisotopic (exact) mass is 459 g/mol. The minimum absolute atomic E-state index is 0.270. The van der Waals surface area contributed by atoms with Crippen LogP contribution in [-0.2, 0) is 6.42 Å². The van der Waals surface area contributed by atoms with E-state index in [2.05, 4.69) is 53.6 Å². The van der Waals surface area contributed by atoms with E-state index < -0.39 is 0 Å². The Hall–Kier alpha value is -2.88. The molecule has 0 radical (unpaired) electrons. The number of anilines is 1. The van der Waals surface area contributed by atoms with Crippen molar-refractivity contribution in [1.29, 1.82) is 0 Å². The second kappa shape index (κ2) is 8.93. The van der Waals surface area contributed by atoms with Crippen LogP contribution in [-0.4, -0.2) is 9.97 Å². The molecule has 1 N–H and O–H groups in total. The zero-order chi connectivity index (χ0) is 22.1. The van der Waals surface area contributed by atoms with E-state index in [1.54, 1.807) is 0 Å². The van der Waals surface area contributed by atoms with Gasteiger partial charge < -0.3 is 5.32 Å². The van der Waals surface area contributed by atoms with Crippen molar-refractivity contribution in [3.63, 3.8) is 0 Å². The van der Waals surface area contributed by atoms with Crippen molar-refractivity contribution in [3.05, 3.63) is 99.7 Å². The van der Waals surface area contributed by atoms with Crippen molar-refractivity contribution in [2.45, 2.75) is 32.2 Å². The third kappa shape index (κ3) is 4.11. The lowest BCUT2D eigenvalue weighted by atomic mass is 9.88. The number of halogens is 2. The fraction of sp³-hybridized carbons (Fsp3) is 0.185. The molecule has 3 nitrogen and oxygen atoms in total. The summed E-state index contributed by atoms with van der Waals surface area (Å²) in [6, 6.07) is 22.8. The predicted octanol–water partition coefficient (Wildman–Crippen LogP) is 7.92. The van der Waals surface area contributed by atoms with Crippen LogP contribution in [0.4, 0.5) is 5.82 Å². The maximum Gasteiger partial charge on any atom is 0.161 e. The lowest BCUT2D eigenvalue weighted by molar-refractivity contribution is 0.598. The van der Waals surface area contributed by atoms with Gasteiger partial charge in [0.15, 0.2) is 5.82 Å². The van der Waals surface area contributed by atoms with Gasteiger partial charge in [0.25, 0.3) is 0 Å². The number of nitrogens with zero attached hydrogens (tertiary/aromatic N) is 2. The lowest BCUT2D eigenvalue weighted by Gasteiger charge is -2.26. The van der Waals surface area contributed by atoms with Crippen LogP contribution in [0.1, 0.15) is 35.6 Å². The van der Waals surface area contributed by atoms with Gasteiger partial charge in [-0.15, -0.1) is 0 Å². The highest BCUT2D eigenvalue weighted by atomic mass is 35.5. The second-order valence-corrected chi connectivity index (χ2v) is 8.97. The van der Waals surface area contributed by atoms with E-state index >= 15 is 0 Å². The van der Waals surface area contributed by atoms with Crippen molar-refractivity contribution in [2.24, 2.45) is 0 Å². The van der Waals surface area contributed by atoms with Crippen molar-refractivity contribution in [2.75, 3.05) is 5.32 Å². The number of nitrogens with one attached hydrogen (secondary N) is 1. The highest BCUT2D eigenvalue weighted by Gasteiger charge is 2.20. The molecular formula is C27H23Cl2N3. The second-order valence-electron chi connectivity index (χ2n) is 8.16. The molecule has 0 fully saturated rings. The third-order valence-corrected chi connectivity index (χ3v) is 6.89. The van der Waals surface area contributed by atoms with Gasteiger partial charge in [-0.25, -0.2) is 9.97 Å². The molecule has 0 bridgehead atoms. The molecule has 32 heavy (non-hydrogen) atoms. The molecule has 5 rings (SSSR count). The highest BCUT2D eigenvalue weighted by molar-refractivity contribution is 6.42. The summed E-state index contributed by atoms with van der Waals surface area (Å²) in [7, 11) is 0. The third-order valence-electron chi connectivity index (χ3n) is 6.15. The molecule has 0 saturated heterocycles. The van der Waals surface area contributed by atoms with E-state index in [1.807, 2.05) is 36.5 Å². The molecule has 3 aromatic carbocycles. The van der Waals surface area contributed by atoms with Crippen LogP contribution in [0.3, 0.4) is 0 Å². The quantitative estimate of drug-likeness (QED) is 0.336. The Morgan fingerprint density at radius 2 is 1.75 bits per heavy atom. The van der Waals surface area contributed by atoms with Crippen LogP contribution in [0.25, 0.3) is 22.5 Å². The van der Waals surface area contributed by atoms with E-state index in [0.29, 0.717) is 15.9 Å². The summed E-state index contributed by atoms with van der Waals surface area (Å²) in [6.07, 6.45) is 5.24. The Bertz CT molecular complexity index is 1290. The minimum Gasteiger partial charge on any atom is -0.363 e. The van der Waals surface area contributed by atoms with Gasteiger partial charge >= 0.3 is 0 Å². The summed E-state index contributed by atoms with van der Waals surface area (Å²) in [5.41, 5.74) is 7.01. The summed E-state index contributed by atoms with van der Waals surface area (Å²) in [6.45, 7) is 2.09. The fourth-order valence-corrected chi connectivity index (χ4v) is 4.80. The van der Waals surface area contributed by atoms with E-state index in [9.17, 15) is 0 Å². The molecule has 0 spiro atoms. The molecule has 1 aliphatic carbocycles. The largest absolute Gasteiger partial charge is 0.363 e. The number of hydrogen-bond donors (Lipinski definition) is 1. The van der Waals surface area contributed by atoms with Gasteiger partial charge in [0.1, 0.15) is 5.82 Å². The number of rotatable bonds is 4. The SMILES string of the molecule is Cc1c(-c2ccc(Cl)c(Cl)c2)cccc1-c1nccc(N[C@@H]2CCCc3ccccc32)n1. The average molecular weight is 460 g/mol. The van der Waals surface area contributed by atoms with Crippen molar-refractivity contribution >= 4 is 29.0 Å². The topological polar surface area (TPSA) is 37.8 Å². The van der Waals surface area contributed by atoms with Crippen molar-refractivity contribution < 1.29 is 0 Å². The number of benzene rings is 3. The molecule has 0 saturated carbocycles. The molecule has 1 atom stereocenters. The molecule has 4 aromatic rings. The normalized spacial score (nSPS) is 15.3. The first-order valence-corrected chi connectivity index (χ1v) is 11.6. The summed E-state index contributed by atoms with van der Waals surface area (Å²) < 4.78 is 0. The first-order valence-electron chi connectivity index (χ1n) is 10.8. The fourth-order valence-electron chi connectivity index (χ4n) is 4.51. The van der Waals surface area contributed by atoms with E-state index in [4.69, 9.17) is 28.2 Å². The molecule has 0 amide bonds. The molecule has 160 valence electrons. The molecule has 1 aliphatic rings. The summed E-state index contributed by atoms with van der Waals surface area (Å²) in [5.74, 6) is 1.55. The van der Waals surface area contributed by atoms with E-state index in [0.717, 1.165) is 40.9 Å². The van der Waals surface area contributed by atoms with Gasteiger partial charge in [-0.1, -0.05) is 71.7 Å². The zero-order valence-electron chi connectivity index (χ0n) is 17.8. The smallest absolute Gasteiger partial charge is 0.161 e. The average Bonchev–Trinajstić information content (AvgIpc) is 2.82. The first kappa shape index (κ1) is 21.0. The van der Waals surface area contributed by atoms with Crippen molar-refractivity contribution in [1.82, 2.24) is 9.97 Å². The summed E-state index contributed by atoms with van der Waals surface area (Å²) in [4.78, 5) is 9.44. The first-order chi connectivity index (χ1) is 15.6. The standard InChI is InChI=1S/C27H23Cl2N3/c1-17-20(19-12-13-23(28)24(29)16-19)9-5-10-21(17)27-30-15-14-26(32-27)31-25-11-4-7-18-6-2-3-8-22(18)25/h2-3,5-6,8-10,12-16,25H,4,7,11H2,1H3,(H,30,31,32)/t25-/m1/s1. The van der Waals surface area contributed by atoms with Crippen LogP contribution in [0, 0.1) is 6.92 Å². The Morgan fingerprint density at radius 3 is 2.62 bits per heavy atom. The maximum atomic E-state index is 6.26. The van der Waals surface area contributed by atoms with Gasteiger partial charge in [0, 0.05) is 11.8 Å². The summed E-state index contributed by atoms with van der Waals surface area (Å²) in [5, 5.41) is 4.74. The van der Waals surface area contributed by atoms with Gasteiger partial charge in [-0.2, -0.15) is 0 Å². The van der Waals surface area contributed by atoms with Gasteiger partial charge in [-0.05, 0) is 72.2 Å². The number of hydrogen-bond acceptors (Lipinski definition) is 3. The molecule has 1 aromatic heterocycles. The Morgan fingerprint density at radius 1 is 0.906 bits per heavy atom. The van der Waals surface area contributed by atoms with Crippen LogP contribution in [0.2, 0.25) is 10.0 Å². The lowest BCUT2D eigenvalue weighted by Crippen LogP contribution is -2.18. The van der Waals surface area contributed by atoms with Gasteiger partial charge in [0.05, 0.1) is 16.1 Å². The van der Waals surface area contributed by atoms with Crippen LogP contribution in [0.15, 0.2) is 72.9 Å². The summed E-state index contributed by atoms with van der Waals surface area (Å²) >= 11 is 12.4. The van der Waals surface area contributed by atoms with Crippen LogP contribution in [0.5, 0.6) is 0 Å².